The van der Waals surface area contributed by atoms with Gasteiger partial charge in [0.15, 0.2) is 5.69 Å². The Morgan fingerprint density at radius 1 is 1.08 bits per heavy atom. The summed E-state index contributed by atoms with van der Waals surface area (Å²) in [5.74, 6) is 0.416. The van der Waals surface area contributed by atoms with Crippen LogP contribution in [0.4, 0.5) is 0 Å². The van der Waals surface area contributed by atoms with Gasteiger partial charge in [-0.3, -0.25) is 0 Å². The summed E-state index contributed by atoms with van der Waals surface area (Å²) in [5.41, 5.74) is 2.31. The minimum atomic E-state index is -0.405. The number of carbonyl (C=O) groups is 1. The number of hydrogen-bond donors (Lipinski definition) is 0. The highest BCUT2D eigenvalue weighted by molar-refractivity contribution is 7.14. The lowest BCUT2D eigenvalue weighted by Crippen LogP contribution is -2.05. The second-order valence-corrected chi connectivity index (χ2v) is 7.31. The maximum atomic E-state index is 12.3. The first-order valence-corrected chi connectivity index (χ1v) is 9.77. The third-order valence-electron chi connectivity index (χ3n) is 3.96. The van der Waals surface area contributed by atoms with Crippen molar-refractivity contribution < 1.29 is 14.3 Å². The van der Waals surface area contributed by atoms with Crippen LogP contribution in [0.5, 0.6) is 5.75 Å². The van der Waals surface area contributed by atoms with Gasteiger partial charge in [-0.1, -0.05) is 18.2 Å². The van der Waals surface area contributed by atoms with Crippen LogP contribution in [0, 0.1) is 0 Å². The number of methoxy groups -OCH3 is 1. The summed E-state index contributed by atoms with van der Waals surface area (Å²) in [6.45, 7) is 0.214. The minimum absolute atomic E-state index is 0.214. The lowest BCUT2D eigenvalue weighted by atomic mass is 10.1. The SMILES string of the molecule is COc1ccc2cc(COC(=O)c3csc(-c4ccsc4)n3)ccc2c1. The molecule has 0 aliphatic carbocycles. The van der Waals surface area contributed by atoms with Crippen molar-refractivity contribution in [1.29, 1.82) is 0 Å². The molecule has 0 saturated heterocycles. The number of hydrogen-bond acceptors (Lipinski definition) is 6. The predicted molar refractivity (Wildman–Crippen MR) is 105 cm³/mol. The van der Waals surface area contributed by atoms with E-state index < -0.39 is 5.97 Å². The first-order valence-electron chi connectivity index (χ1n) is 7.95. The molecule has 0 aliphatic rings. The molecule has 26 heavy (non-hydrogen) atoms. The van der Waals surface area contributed by atoms with Gasteiger partial charge in [0.2, 0.25) is 0 Å². The van der Waals surface area contributed by atoms with Crippen molar-refractivity contribution in [2.75, 3.05) is 7.11 Å². The Bertz CT molecular complexity index is 1050. The highest BCUT2D eigenvalue weighted by atomic mass is 32.1. The zero-order valence-electron chi connectivity index (χ0n) is 14.0. The monoisotopic (exact) mass is 381 g/mol. The van der Waals surface area contributed by atoms with Crippen molar-refractivity contribution in [3.05, 3.63) is 69.9 Å². The lowest BCUT2D eigenvalue weighted by Gasteiger charge is -2.06. The highest BCUT2D eigenvalue weighted by Crippen LogP contribution is 2.26. The number of ether oxygens (including phenoxy) is 2. The van der Waals surface area contributed by atoms with Crippen molar-refractivity contribution in [1.82, 2.24) is 4.98 Å². The van der Waals surface area contributed by atoms with Crippen molar-refractivity contribution >= 4 is 39.4 Å². The molecule has 4 nitrogen and oxygen atoms in total. The van der Waals surface area contributed by atoms with E-state index in [1.54, 1.807) is 23.8 Å². The number of thiophene rings is 1. The summed E-state index contributed by atoms with van der Waals surface area (Å²) in [6, 6.07) is 13.8. The fourth-order valence-electron chi connectivity index (χ4n) is 2.60. The van der Waals surface area contributed by atoms with Gasteiger partial charge in [-0.25, -0.2) is 9.78 Å². The van der Waals surface area contributed by atoms with Gasteiger partial charge in [0.05, 0.1) is 7.11 Å². The van der Waals surface area contributed by atoms with Gasteiger partial charge in [-0.2, -0.15) is 11.3 Å². The predicted octanol–water partition coefficient (Wildman–Crippen LogP) is 5.39. The van der Waals surface area contributed by atoms with Gasteiger partial charge in [0.1, 0.15) is 17.4 Å². The van der Waals surface area contributed by atoms with Crippen LogP contribution in [0.15, 0.2) is 58.6 Å². The Morgan fingerprint density at radius 2 is 1.92 bits per heavy atom. The minimum Gasteiger partial charge on any atom is -0.497 e. The molecule has 0 bridgehead atoms. The van der Waals surface area contributed by atoms with Gasteiger partial charge in [-0.05, 0) is 46.0 Å². The van der Waals surface area contributed by atoms with Crippen LogP contribution < -0.4 is 4.74 Å². The Balaban J connectivity index is 1.45. The molecule has 2 heterocycles. The third kappa shape index (κ3) is 3.47. The van der Waals surface area contributed by atoms with E-state index in [9.17, 15) is 4.79 Å². The zero-order chi connectivity index (χ0) is 17.9. The maximum Gasteiger partial charge on any atom is 0.358 e. The van der Waals surface area contributed by atoms with Gasteiger partial charge in [0.25, 0.3) is 0 Å². The van der Waals surface area contributed by atoms with Crippen LogP contribution in [0.1, 0.15) is 16.1 Å². The maximum absolute atomic E-state index is 12.3. The van der Waals surface area contributed by atoms with E-state index >= 15 is 0 Å². The summed E-state index contributed by atoms with van der Waals surface area (Å²) < 4.78 is 10.7. The molecule has 0 amide bonds. The molecule has 2 aromatic heterocycles. The molecule has 0 radical (unpaired) electrons. The molecule has 2 aromatic carbocycles. The van der Waals surface area contributed by atoms with Gasteiger partial charge < -0.3 is 9.47 Å². The van der Waals surface area contributed by atoms with Crippen molar-refractivity contribution in [3.8, 4) is 16.3 Å². The molecule has 0 fully saturated rings. The number of rotatable bonds is 5. The summed E-state index contributed by atoms with van der Waals surface area (Å²) in [4.78, 5) is 16.6. The van der Waals surface area contributed by atoms with Crippen molar-refractivity contribution in [2.45, 2.75) is 6.61 Å². The van der Waals surface area contributed by atoms with E-state index in [1.807, 2.05) is 53.2 Å². The fourth-order valence-corrected chi connectivity index (χ4v) is 4.10. The Labute approximate surface area is 158 Å². The van der Waals surface area contributed by atoms with Gasteiger partial charge >= 0.3 is 5.97 Å². The summed E-state index contributed by atoms with van der Waals surface area (Å²) in [7, 11) is 1.65. The van der Waals surface area contributed by atoms with Crippen LogP contribution in [0.25, 0.3) is 21.3 Å². The summed E-state index contributed by atoms with van der Waals surface area (Å²) >= 11 is 3.05. The fraction of sp³-hybridized carbons (Fsp3) is 0.100. The number of fused-ring (bicyclic) bond motifs is 1. The molecule has 0 unspecified atom stereocenters. The second kappa shape index (κ2) is 7.27. The Morgan fingerprint density at radius 3 is 2.73 bits per heavy atom. The number of nitrogens with zero attached hydrogens (tertiary/aromatic N) is 1. The molecule has 0 atom stereocenters. The van der Waals surface area contributed by atoms with E-state index in [1.165, 1.54) is 11.3 Å². The average Bonchev–Trinajstić information content (AvgIpc) is 3.36. The highest BCUT2D eigenvalue weighted by Gasteiger charge is 2.13. The number of carbonyl (C=O) groups excluding carboxylic acids is 1. The Hall–Kier alpha value is -2.70. The first-order chi connectivity index (χ1) is 12.7. The average molecular weight is 381 g/mol. The molecule has 130 valence electrons. The molecule has 4 rings (SSSR count). The van der Waals surface area contributed by atoms with Crippen molar-refractivity contribution in [3.63, 3.8) is 0 Å². The van der Waals surface area contributed by atoms with Gasteiger partial charge in [-0.15, -0.1) is 11.3 Å². The number of benzene rings is 2. The number of esters is 1. The van der Waals surface area contributed by atoms with Gasteiger partial charge in [0, 0.05) is 16.3 Å². The summed E-state index contributed by atoms with van der Waals surface area (Å²) in [5, 5.41) is 8.73. The molecule has 0 spiro atoms. The lowest BCUT2D eigenvalue weighted by molar-refractivity contribution is 0.0467. The van der Waals surface area contributed by atoms with E-state index in [-0.39, 0.29) is 6.61 Å². The smallest absolute Gasteiger partial charge is 0.358 e. The standard InChI is InChI=1S/C20H15NO3S2/c1-23-17-5-4-14-8-13(2-3-15(14)9-17)10-24-20(22)18-12-26-19(21-18)16-6-7-25-11-16/h2-9,11-12H,10H2,1H3. The molecular weight excluding hydrogens is 366 g/mol. The number of aromatic nitrogens is 1. The summed E-state index contributed by atoms with van der Waals surface area (Å²) in [6.07, 6.45) is 0. The van der Waals surface area contributed by atoms with Crippen LogP contribution in [-0.2, 0) is 11.3 Å². The first kappa shape index (κ1) is 16.8. The van der Waals surface area contributed by atoms with Crippen LogP contribution >= 0.6 is 22.7 Å². The van der Waals surface area contributed by atoms with E-state index in [2.05, 4.69) is 4.98 Å². The third-order valence-corrected chi connectivity index (χ3v) is 5.54. The largest absolute Gasteiger partial charge is 0.497 e. The molecular formula is C20H15NO3S2. The molecule has 6 heteroatoms. The topological polar surface area (TPSA) is 48.4 Å². The van der Waals surface area contributed by atoms with Crippen LogP contribution in [0.2, 0.25) is 0 Å². The molecule has 4 aromatic rings. The van der Waals surface area contributed by atoms with Crippen molar-refractivity contribution in [2.24, 2.45) is 0 Å². The van der Waals surface area contributed by atoms with E-state index in [0.29, 0.717) is 5.69 Å². The second-order valence-electron chi connectivity index (χ2n) is 5.67. The Kier molecular flexibility index (Phi) is 4.69. The van der Waals surface area contributed by atoms with E-state index in [4.69, 9.17) is 9.47 Å². The quantitative estimate of drug-likeness (QED) is 0.435. The molecule has 0 saturated carbocycles. The van der Waals surface area contributed by atoms with Crippen LogP contribution in [-0.4, -0.2) is 18.1 Å². The van der Waals surface area contributed by atoms with Crippen LogP contribution in [0.3, 0.4) is 0 Å². The zero-order valence-corrected chi connectivity index (χ0v) is 15.6. The normalized spacial score (nSPS) is 10.8. The molecule has 0 aliphatic heterocycles. The molecule has 0 N–H and O–H groups in total. The number of thiazole rings is 1. The van der Waals surface area contributed by atoms with E-state index in [0.717, 1.165) is 32.7 Å².